The predicted octanol–water partition coefficient (Wildman–Crippen LogP) is 4.60. The van der Waals surface area contributed by atoms with Gasteiger partial charge in [-0.1, -0.05) is 40.9 Å². The molecule has 2 aromatic rings. The Morgan fingerprint density at radius 3 is 2.65 bits per heavy atom. The molecule has 4 nitrogen and oxygen atoms in total. The zero-order valence-corrected chi connectivity index (χ0v) is 14.4. The van der Waals surface area contributed by atoms with E-state index in [1.165, 1.54) is 6.20 Å². The van der Waals surface area contributed by atoms with E-state index in [9.17, 15) is 4.79 Å². The van der Waals surface area contributed by atoms with E-state index in [0.717, 1.165) is 18.4 Å². The molecule has 0 bridgehead atoms. The Morgan fingerprint density at radius 2 is 1.96 bits per heavy atom. The van der Waals surface area contributed by atoms with E-state index in [0.29, 0.717) is 22.2 Å². The number of nitrogen functional groups attached to an aromatic ring is 1. The van der Waals surface area contributed by atoms with Gasteiger partial charge in [0.2, 0.25) is 0 Å². The van der Waals surface area contributed by atoms with Crippen molar-refractivity contribution < 1.29 is 4.79 Å². The summed E-state index contributed by atoms with van der Waals surface area (Å²) in [6.07, 6.45) is 3.25. The minimum atomic E-state index is -0.118. The summed E-state index contributed by atoms with van der Waals surface area (Å²) in [4.78, 5) is 18.5. The highest BCUT2D eigenvalue weighted by Gasteiger charge is 2.31. The Labute approximate surface area is 149 Å². The molecule has 0 aliphatic carbocycles. The summed E-state index contributed by atoms with van der Waals surface area (Å²) >= 11 is 18.0. The molecule has 7 heteroatoms. The fourth-order valence-corrected chi connectivity index (χ4v) is 3.28. The van der Waals surface area contributed by atoms with E-state index in [4.69, 9.17) is 40.5 Å². The summed E-state index contributed by atoms with van der Waals surface area (Å²) in [5.74, 6) is 0.0960. The highest BCUT2D eigenvalue weighted by atomic mass is 35.5. The lowest BCUT2D eigenvalue weighted by Gasteiger charge is -2.25. The average Bonchev–Trinajstić information content (AvgIpc) is 3.01. The van der Waals surface area contributed by atoms with Crippen LogP contribution in [-0.4, -0.2) is 22.3 Å². The van der Waals surface area contributed by atoms with Crippen molar-refractivity contribution in [1.82, 2.24) is 9.88 Å². The maximum Gasteiger partial charge on any atom is 0.255 e. The van der Waals surface area contributed by atoms with Crippen molar-refractivity contribution in [3.63, 3.8) is 0 Å². The molecule has 1 unspecified atom stereocenters. The Kier molecular flexibility index (Phi) is 4.67. The smallest absolute Gasteiger partial charge is 0.255 e. The summed E-state index contributed by atoms with van der Waals surface area (Å²) in [5, 5.41) is 1.27. The molecule has 1 aliphatic heterocycles. The van der Waals surface area contributed by atoms with Gasteiger partial charge < -0.3 is 10.6 Å². The minimum Gasteiger partial charge on any atom is -0.382 e. The number of nitrogens with zero attached hydrogens (tertiary/aromatic N) is 2. The first-order valence-electron chi connectivity index (χ1n) is 7.14. The number of pyridine rings is 1. The Bertz CT molecular complexity index is 766. The summed E-state index contributed by atoms with van der Waals surface area (Å²) in [6, 6.07) is 6.99. The number of hydrogen-bond acceptors (Lipinski definition) is 3. The number of carbonyl (C=O) groups excluding carboxylic acids is 1. The lowest BCUT2D eigenvalue weighted by atomic mass is 10.0. The first kappa shape index (κ1) is 16.4. The van der Waals surface area contributed by atoms with E-state index in [2.05, 4.69) is 4.98 Å². The molecule has 2 N–H and O–H groups in total. The highest BCUT2D eigenvalue weighted by molar-refractivity contribution is 6.42. The maximum absolute atomic E-state index is 12.8. The van der Waals surface area contributed by atoms with Gasteiger partial charge in [0.25, 0.3) is 5.91 Å². The molecule has 1 atom stereocenters. The van der Waals surface area contributed by atoms with E-state index in [1.807, 2.05) is 17.0 Å². The van der Waals surface area contributed by atoms with Crippen molar-refractivity contribution in [2.24, 2.45) is 0 Å². The third-order valence-corrected chi connectivity index (χ3v) is 5.00. The van der Waals surface area contributed by atoms with Gasteiger partial charge >= 0.3 is 0 Å². The van der Waals surface area contributed by atoms with E-state index in [1.54, 1.807) is 12.1 Å². The van der Waals surface area contributed by atoms with Crippen LogP contribution in [-0.2, 0) is 0 Å². The zero-order chi connectivity index (χ0) is 16.6. The molecular formula is C16H14Cl3N3O. The Hall–Kier alpha value is -1.49. The lowest BCUT2D eigenvalue weighted by Crippen LogP contribution is -2.30. The molecule has 0 saturated carbocycles. The van der Waals surface area contributed by atoms with Crippen molar-refractivity contribution in [3.05, 3.63) is 56.7 Å². The van der Waals surface area contributed by atoms with Crippen LogP contribution in [0.1, 0.15) is 34.8 Å². The number of hydrogen-bond donors (Lipinski definition) is 1. The van der Waals surface area contributed by atoms with Gasteiger partial charge in [0.05, 0.1) is 26.7 Å². The summed E-state index contributed by atoms with van der Waals surface area (Å²) in [6.45, 7) is 0.672. The summed E-state index contributed by atoms with van der Waals surface area (Å²) < 4.78 is 0. The molecule has 23 heavy (non-hydrogen) atoms. The van der Waals surface area contributed by atoms with E-state index >= 15 is 0 Å². The van der Waals surface area contributed by atoms with Crippen molar-refractivity contribution in [3.8, 4) is 0 Å². The van der Waals surface area contributed by atoms with Crippen LogP contribution in [0.4, 0.5) is 5.82 Å². The van der Waals surface area contributed by atoms with Gasteiger partial charge in [0, 0.05) is 12.7 Å². The molecule has 1 aromatic carbocycles. The number of nitrogens with two attached hydrogens (primary N) is 1. The van der Waals surface area contributed by atoms with E-state index in [-0.39, 0.29) is 22.8 Å². The molecule has 1 saturated heterocycles. The van der Waals surface area contributed by atoms with Crippen molar-refractivity contribution in [2.45, 2.75) is 18.9 Å². The van der Waals surface area contributed by atoms with Crippen LogP contribution in [0.15, 0.2) is 30.5 Å². The monoisotopic (exact) mass is 369 g/mol. The molecular weight excluding hydrogens is 357 g/mol. The highest BCUT2D eigenvalue weighted by Crippen LogP contribution is 2.36. The van der Waals surface area contributed by atoms with Crippen LogP contribution in [0.3, 0.4) is 0 Å². The summed E-state index contributed by atoms with van der Waals surface area (Å²) in [7, 11) is 0. The molecule has 1 amide bonds. The number of carbonyl (C=O) groups is 1. The molecule has 2 heterocycles. The van der Waals surface area contributed by atoms with Crippen LogP contribution in [0, 0.1) is 0 Å². The number of likely N-dealkylation sites (tertiary alicyclic amines) is 1. The second-order valence-corrected chi connectivity index (χ2v) is 6.64. The quantitative estimate of drug-likeness (QED) is 0.840. The van der Waals surface area contributed by atoms with Crippen molar-refractivity contribution in [1.29, 1.82) is 0 Å². The second-order valence-electron chi connectivity index (χ2n) is 5.42. The van der Waals surface area contributed by atoms with Crippen LogP contribution < -0.4 is 5.73 Å². The Balaban J connectivity index is 1.89. The number of anilines is 1. The van der Waals surface area contributed by atoms with Crippen LogP contribution in [0.25, 0.3) is 0 Å². The maximum atomic E-state index is 12.8. The topological polar surface area (TPSA) is 59.2 Å². The first-order chi connectivity index (χ1) is 11.0. The number of benzene rings is 1. The fourth-order valence-electron chi connectivity index (χ4n) is 2.81. The molecule has 120 valence electrons. The predicted molar refractivity (Wildman–Crippen MR) is 93.1 cm³/mol. The number of aromatic nitrogens is 1. The zero-order valence-electron chi connectivity index (χ0n) is 12.1. The average molecular weight is 371 g/mol. The van der Waals surface area contributed by atoms with Crippen LogP contribution in [0.2, 0.25) is 15.1 Å². The second kappa shape index (κ2) is 6.56. The molecule has 1 aromatic heterocycles. The van der Waals surface area contributed by atoms with Crippen molar-refractivity contribution in [2.75, 3.05) is 12.3 Å². The van der Waals surface area contributed by atoms with Gasteiger partial charge in [0.15, 0.2) is 0 Å². The third-order valence-electron chi connectivity index (χ3n) is 3.96. The standard InChI is InChI=1S/C16H14Cl3N3O/c17-11-4-3-9(6-12(11)18)14-2-1-5-22(14)16(23)10-7-13(19)15(20)21-8-10/h3-4,6-8,14H,1-2,5H2,(H2,20,21). The Morgan fingerprint density at radius 1 is 1.17 bits per heavy atom. The molecule has 1 aliphatic rings. The molecule has 0 spiro atoms. The van der Waals surface area contributed by atoms with Crippen molar-refractivity contribution >= 4 is 46.5 Å². The van der Waals surface area contributed by atoms with E-state index < -0.39 is 0 Å². The number of amides is 1. The van der Waals surface area contributed by atoms with Gasteiger partial charge in [0.1, 0.15) is 5.82 Å². The normalized spacial score (nSPS) is 17.5. The van der Waals surface area contributed by atoms with Gasteiger partial charge in [-0.3, -0.25) is 4.79 Å². The van der Waals surface area contributed by atoms with Crippen LogP contribution >= 0.6 is 34.8 Å². The summed E-state index contributed by atoms with van der Waals surface area (Å²) in [5.41, 5.74) is 7.00. The van der Waals surface area contributed by atoms with Gasteiger partial charge in [-0.25, -0.2) is 4.98 Å². The first-order valence-corrected chi connectivity index (χ1v) is 8.27. The minimum absolute atomic E-state index is 0.0337. The SMILES string of the molecule is Nc1ncc(C(=O)N2CCCC2c2ccc(Cl)c(Cl)c2)cc1Cl. The molecule has 1 fully saturated rings. The van der Waals surface area contributed by atoms with Gasteiger partial charge in [-0.15, -0.1) is 0 Å². The fraction of sp³-hybridized carbons (Fsp3) is 0.250. The number of rotatable bonds is 2. The molecule has 3 rings (SSSR count). The number of halogens is 3. The third kappa shape index (κ3) is 3.25. The lowest BCUT2D eigenvalue weighted by molar-refractivity contribution is 0.0735. The molecule has 0 radical (unpaired) electrons. The van der Waals surface area contributed by atoms with Gasteiger partial charge in [-0.2, -0.15) is 0 Å². The largest absolute Gasteiger partial charge is 0.382 e. The van der Waals surface area contributed by atoms with Crippen LogP contribution in [0.5, 0.6) is 0 Å². The van der Waals surface area contributed by atoms with Gasteiger partial charge in [-0.05, 0) is 36.6 Å².